The molecule has 1 nitrogen and oxygen atoms in total. The van der Waals surface area contributed by atoms with Gasteiger partial charge in [-0.05, 0) is 108 Å². The Hall–Kier alpha value is -6.87. The van der Waals surface area contributed by atoms with E-state index in [-0.39, 0.29) is 0 Å². The van der Waals surface area contributed by atoms with Crippen LogP contribution in [0.4, 0.5) is 0 Å². The highest BCUT2D eigenvalue weighted by atomic mass is 32.1. The van der Waals surface area contributed by atoms with Crippen LogP contribution in [0.5, 0.6) is 0 Å². The Kier molecular flexibility index (Phi) is 7.43. The van der Waals surface area contributed by atoms with Gasteiger partial charge in [0.15, 0.2) is 0 Å². The van der Waals surface area contributed by atoms with Gasteiger partial charge in [0, 0.05) is 31.3 Å². The summed E-state index contributed by atoms with van der Waals surface area (Å²) in [5.41, 5.74) is 11.2. The van der Waals surface area contributed by atoms with Crippen LogP contribution in [0.1, 0.15) is 0 Å². The van der Waals surface area contributed by atoms with Crippen LogP contribution >= 0.6 is 11.3 Å². The van der Waals surface area contributed by atoms with Crippen molar-refractivity contribution in [3.05, 3.63) is 200 Å². The Balaban J connectivity index is 1.19. The van der Waals surface area contributed by atoms with Crippen LogP contribution in [0.15, 0.2) is 200 Å². The van der Waals surface area contributed by atoms with Crippen molar-refractivity contribution in [2.24, 2.45) is 0 Å². The quantitative estimate of drug-likeness (QED) is 0.162. The summed E-state index contributed by atoms with van der Waals surface area (Å²) in [5.74, 6) is 0. The maximum Gasteiger partial charge on any atom is 0.0715 e. The third-order valence-electron chi connectivity index (χ3n) is 11.0. The van der Waals surface area contributed by atoms with Crippen molar-refractivity contribution in [1.29, 1.82) is 0 Å². The van der Waals surface area contributed by atoms with E-state index in [1.807, 2.05) is 11.3 Å². The fourth-order valence-electron chi connectivity index (χ4n) is 8.39. The number of nitrogens with zero attached hydrogens (tertiary/aromatic N) is 1. The molecule has 0 N–H and O–H groups in total. The SMILES string of the molecule is c1ccc(-c2cc(-c3cc(-c4ccc5c6ccccc6c6ccccc6c5c4)cc(-c4cccc5c4sc4ccccc45)c3)cc(-c3ccccc3)n2)cc1. The average Bonchev–Trinajstić information content (AvgIpc) is 3.66. The Labute approximate surface area is 323 Å². The zero-order valence-electron chi connectivity index (χ0n) is 29.9. The summed E-state index contributed by atoms with van der Waals surface area (Å²) >= 11 is 1.88. The van der Waals surface area contributed by atoms with Crippen LogP contribution in [-0.2, 0) is 0 Å². The van der Waals surface area contributed by atoms with E-state index in [0.29, 0.717) is 0 Å². The molecule has 9 aromatic carbocycles. The molecule has 0 saturated carbocycles. The zero-order chi connectivity index (χ0) is 36.3. The molecule has 2 aromatic heterocycles. The van der Waals surface area contributed by atoms with Crippen LogP contribution in [-0.4, -0.2) is 4.98 Å². The minimum atomic E-state index is 0.958. The number of hydrogen-bond donors (Lipinski definition) is 0. The van der Waals surface area contributed by atoms with Crippen molar-refractivity contribution >= 4 is 63.8 Å². The molecule has 0 aliphatic heterocycles. The van der Waals surface area contributed by atoms with Crippen LogP contribution in [0.2, 0.25) is 0 Å². The Morgan fingerprint density at radius 2 is 0.745 bits per heavy atom. The third kappa shape index (κ3) is 5.42. The summed E-state index contributed by atoms with van der Waals surface area (Å²) in [5, 5.41) is 10.3. The van der Waals surface area contributed by atoms with Gasteiger partial charge in [-0.25, -0.2) is 4.98 Å². The topological polar surface area (TPSA) is 12.9 Å². The highest BCUT2D eigenvalue weighted by Gasteiger charge is 2.16. The molecule has 2 heterocycles. The number of fused-ring (bicyclic) bond motifs is 9. The van der Waals surface area contributed by atoms with Gasteiger partial charge in [-0.3, -0.25) is 0 Å². The smallest absolute Gasteiger partial charge is 0.0715 e. The van der Waals surface area contributed by atoms with Gasteiger partial charge in [0.05, 0.1) is 11.4 Å². The van der Waals surface area contributed by atoms with Gasteiger partial charge in [-0.1, -0.05) is 158 Å². The maximum absolute atomic E-state index is 5.22. The summed E-state index contributed by atoms with van der Waals surface area (Å²) in [7, 11) is 0. The predicted molar refractivity (Wildman–Crippen MR) is 237 cm³/mol. The number of aromatic nitrogens is 1. The molecule has 256 valence electrons. The summed E-state index contributed by atoms with van der Waals surface area (Å²) in [4.78, 5) is 5.22. The molecule has 0 unspecified atom stereocenters. The maximum atomic E-state index is 5.22. The lowest BCUT2D eigenvalue weighted by Gasteiger charge is -2.15. The summed E-state index contributed by atoms with van der Waals surface area (Å²) in [6, 6.07) is 72.9. The van der Waals surface area contributed by atoms with Crippen molar-refractivity contribution in [3.63, 3.8) is 0 Å². The standard InChI is InChI=1S/C53H33NS/c1-3-14-34(15-4-1)50-32-39(33-51(54-50)35-16-5-2-6-17-35)38-28-37(29-40(30-38)41-23-13-24-48-47-22-11-12-25-52(47)55-53(41)48)36-26-27-46-44-20-8-7-18-42(44)43-19-9-10-21-45(43)49(46)31-36/h1-33H. The van der Waals surface area contributed by atoms with Crippen LogP contribution in [0.25, 0.3) is 108 Å². The molecule has 0 bridgehead atoms. The van der Waals surface area contributed by atoms with E-state index in [1.165, 1.54) is 74.7 Å². The lowest BCUT2D eigenvalue weighted by atomic mass is 9.89. The molecule has 2 heteroatoms. The second-order valence-electron chi connectivity index (χ2n) is 14.3. The Bertz CT molecular complexity index is 3160. The van der Waals surface area contributed by atoms with Crippen molar-refractivity contribution in [2.75, 3.05) is 0 Å². The Morgan fingerprint density at radius 3 is 1.38 bits per heavy atom. The van der Waals surface area contributed by atoms with Crippen molar-refractivity contribution in [3.8, 4) is 55.9 Å². The number of hydrogen-bond acceptors (Lipinski definition) is 2. The first-order chi connectivity index (χ1) is 27.2. The van der Waals surface area contributed by atoms with Gasteiger partial charge in [-0.15, -0.1) is 11.3 Å². The summed E-state index contributed by atoms with van der Waals surface area (Å²) in [6.45, 7) is 0. The van der Waals surface area contributed by atoms with E-state index < -0.39 is 0 Å². The Morgan fingerprint density at radius 1 is 0.273 bits per heavy atom. The third-order valence-corrected chi connectivity index (χ3v) is 12.2. The molecule has 11 aromatic rings. The normalized spacial score (nSPS) is 11.6. The van der Waals surface area contributed by atoms with Gasteiger partial charge in [-0.2, -0.15) is 0 Å². The zero-order valence-corrected chi connectivity index (χ0v) is 30.7. The first-order valence-corrected chi connectivity index (χ1v) is 19.6. The van der Waals surface area contributed by atoms with Gasteiger partial charge in [0.1, 0.15) is 0 Å². The number of pyridine rings is 1. The molecular formula is C53H33NS. The second kappa shape index (κ2) is 12.9. The molecule has 0 aliphatic rings. The number of thiophene rings is 1. The van der Waals surface area contributed by atoms with Crippen LogP contribution in [0, 0.1) is 0 Å². The predicted octanol–water partition coefficient (Wildman–Crippen LogP) is 15.2. The minimum Gasteiger partial charge on any atom is -0.248 e. The first kappa shape index (κ1) is 31.6. The van der Waals surface area contributed by atoms with Gasteiger partial charge in [0.2, 0.25) is 0 Å². The highest BCUT2D eigenvalue weighted by Crippen LogP contribution is 2.44. The molecule has 0 spiro atoms. The molecule has 55 heavy (non-hydrogen) atoms. The lowest BCUT2D eigenvalue weighted by Crippen LogP contribution is -1.92. The van der Waals surface area contributed by atoms with Gasteiger partial charge in [0.25, 0.3) is 0 Å². The molecule has 0 radical (unpaired) electrons. The molecule has 0 aliphatic carbocycles. The van der Waals surface area contributed by atoms with Gasteiger partial charge >= 0.3 is 0 Å². The lowest BCUT2D eigenvalue weighted by molar-refractivity contribution is 1.32. The van der Waals surface area contributed by atoms with E-state index >= 15 is 0 Å². The van der Waals surface area contributed by atoms with Crippen molar-refractivity contribution < 1.29 is 0 Å². The summed E-state index contributed by atoms with van der Waals surface area (Å²) < 4.78 is 2.62. The van der Waals surface area contributed by atoms with Gasteiger partial charge < -0.3 is 0 Å². The number of rotatable bonds is 5. The van der Waals surface area contributed by atoms with Crippen molar-refractivity contribution in [1.82, 2.24) is 4.98 Å². The van der Waals surface area contributed by atoms with E-state index in [1.54, 1.807) is 0 Å². The van der Waals surface area contributed by atoms with E-state index in [4.69, 9.17) is 4.98 Å². The minimum absolute atomic E-state index is 0.958. The van der Waals surface area contributed by atoms with Crippen LogP contribution < -0.4 is 0 Å². The first-order valence-electron chi connectivity index (χ1n) is 18.8. The summed E-state index contributed by atoms with van der Waals surface area (Å²) in [6.07, 6.45) is 0. The molecule has 0 fully saturated rings. The molecule has 0 saturated heterocycles. The monoisotopic (exact) mass is 715 g/mol. The molecule has 0 atom stereocenters. The molecular weight excluding hydrogens is 683 g/mol. The fraction of sp³-hybridized carbons (Fsp3) is 0. The van der Waals surface area contributed by atoms with E-state index in [2.05, 4.69) is 200 Å². The highest BCUT2D eigenvalue weighted by molar-refractivity contribution is 7.26. The molecule has 11 rings (SSSR count). The van der Waals surface area contributed by atoms with E-state index in [9.17, 15) is 0 Å². The van der Waals surface area contributed by atoms with Crippen LogP contribution in [0.3, 0.4) is 0 Å². The largest absolute Gasteiger partial charge is 0.248 e. The van der Waals surface area contributed by atoms with Crippen molar-refractivity contribution in [2.45, 2.75) is 0 Å². The average molecular weight is 716 g/mol. The van der Waals surface area contributed by atoms with E-state index in [0.717, 1.165) is 33.6 Å². The second-order valence-corrected chi connectivity index (χ2v) is 15.3. The molecule has 0 amide bonds. The fourth-order valence-corrected chi connectivity index (χ4v) is 9.63. The number of benzene rings is 9.